The zero-order chi connectivity index (χ0) is 13.4. The summed E-state index contributed by atoms with van der Waals surface area (Å²) in [6.45, 7) is 5.36. The molecule has 0 rings (SSSR count). The van der Waals surface area contributed by atoms with Gasteiger partial charge in [0.15, 0.2) is 0 Å². The molecule has 0 saturated heterocycles. The molecule has 0 radical (unpaired) electrons. The van der Waals surface area contributed by atoms with E-state index in [-0.39, 0.29) is 30.3 Å². The van der Waals surface area contributed by atoms with Gasteiger partial charge in [0.05, 0.1) is 12.6 Å². The van der Waals surface area contributed by atoms with Crippen LogP contribution in [0.1, 0.15) is 20.8 Å². The number of rotatable bonds is 7. The standard InChI is InChI=1S/C11H21N3O3/c1-7(2)9(12-4)11(17)14-8(3)10(16)13-5-6-15/h6-9,12H,5H2,1-4H3,(H,13,16)(H,14,17)/t8-,9?/m0/s1. The Labute approximate surface area is 102 Å². The van der Waals surface area contributed by atoms with Gasteiger partial charge in [-0.3, -0.25) is 9.59 Å². The molecule has 1 unspecified atom stereocenters. The Kier molecular flexibility index (Phi) is 7.13. The van der Waals surface area contributed by atoms with E-state index in [0.29, 0.717) is 6.29 Å². The maximum absolute atomic E-state index is 11.8. The third-order valence-electron chi connectivity index (χ3n) is 2.37. The predicted octanol–water partition coefficient (Wildman–Crippen LogP) is -0.950. The van der Waals surface area contributed by atoms with Crippen LogP contribution in [0.2, 0.25) is 0 Å². The molecule has 6 heteroatoms. The van der Waals surface area contributed by atoms with Crippen LogP contribution in [0.5, 0.6) is 0 Å². The second-order valence-corrected chi connectivity index (χ2v) is 4.15. The lowest BCUT2D eigenvalue weighted by Crippen LogP contribution is -2.52. The van der Waals surface area contributed by atoms with Crippen LogP contribution >= 0.6 is 0 Å². The molecule has 0 aromatic carbocycles. The quantitative estimate of drug-likeness (QED) is 0.503. The smallest absolute Gasteiger partial charge is 0.242 e. The maximum atomic E-state index is 11.8. The highest BCUT2D eigenvalue weighted by atomic mass is 16.2. The maximum Gasteiger partial charge on any atom is 0.242 e. The molecule has 0 fully saturated rings. The minimum atomic E-state index is -0.656. The van der Waals surface area contributed by atoms with Crippen molar-refractivity contribution in [1.29, 1.82) is 0 Å². The van der Waals surface area contributed by atoms with E-state index in [0.717, 1.165) is 0 Å². The summed E-state index contributed by atoms with van der Waals surface area (Å²) in [7, 11) is 1.70. The van der Waals surface area contributed by atoms with Gasteiger partial charge in [0, 0.05) is 0 Å². The summed E-state index contributed by atoms with van der Waals surface area (Å²) in [4.78, 5) is 33.3. The van der Waals surface area contributed by atoms with E-state index in [9.17, 15) is 14.4 Å². The molecule has 6 nitrogen and oxygen atoms in total. The molecule has 17 heavy (non-hydrogen) atoms. The Morgan fingerprint density at radius 3 is 2.18 bits per heavy atom. The number of amides is 2. The third kappa shape index (κ3) is 5.44. The number of nitrogens with one attached hydrogen (secondary N) is 3. The highest BCUT2D eigenvalue weighted by molar-refractivity contribution is 5.90. The zero-order valence-electron chi connectivity index (χ0n) is 10.7. The van der Waals surface area contributed by atoms with Crippen LogP contribution in [0.25, 0.3) is 0 Å². The van der Waals surface area contributed by atoms with Crippen molar-refractivity contribution in [2.75, 3.05) is 13.6 Å². The fourth-order valence-electron chi connectivity index (χ4n) is 1.43. The normalized spacial score (nSPS) is 13.9. The first-order valence-electron chi connectivity index (χ1n) is 5.63. The zero-order valence-corrected chi connectivity index (χ0v) is 10.7. The van der Waals surface area contributed by atoms with Gasteiger partial charge >= 0.3 is 0 Å². The summed E-state index contributed by atoms with van der Waals surface area (Å²) < 4.78 is 0. The predicted molar refractivity (Wildman–Crippen MR) is 64.4 cm³/mol. The van der Waals surface area contributed by atoms with Crippen LogP contribution in [0.4, 0.5) is 0 Å². The molecule has 0 bridgehead atoms. The number of carbonyl (C=O) groups is 3. The first kappa shape index (κ1) is 15.6. The molecule has 0 saturated carbocycles. The van der Waals surface area contributed by atoms with Crippen LogP contribution < -0.4 is 16.0 Å². The minimum absolute atomic E-state index is 0.0430. The topological polar surface area (TPSA) is 87.3 Å². The first-order chi connectivity index (χ1) is 7.93. The monoisotopic (exact) mass is 243 g/mol. The summed E-state index contributed by atoms with van der Waals surface area (Å²) >= 11 is 0. The Balaban J connectivity index is 4.27. The minimum Gasteiger partial charge on any atom is -0.348 e. The van der Waals surface area contributed by atoms with Crippen molar-refractivity contribution >= 4 is 18.1 Å². The van der Waals surface area contributed by atoms with E-state index in [2.05, 4.69) is 16.0 Å². The number of carbonyl (C=O) groups excluding carboxylic acids is 3. The van der Waals surface area contributed by atoms with E-state index in [1.165, 1.54) is 0 Å². The molecule has 3 N–H and O–H groups in total. The van der Waals surface area contributed by atoms with Gasteiger partial charge < -0.3 is 20.7 Å². The molecular weight excluding hydrogens is 222 g/mol. The van der Waals surface area contributed by atoms with Crippen molar-refractivity contribution in [3.05, 3.63) is 0 Å². The third-order valence-corrected chi connectivity index (χ3v) is 2.37. The van der Waals surface area contributed by atoms with Gasteiger partial charge in [-0.1, -0.05) is 13.8 Å². The van der Waals surface area contributed by atoms with Crippen molar-refractivity contribution < 1.29 is 14.4 Å². The second kappa shape index (κ2) is 7.78. The Hall–Kier alpha value is -1.43. The van der Waals surface area contributed by atoms with Crippen LogP contribution in [-0.4, -0.2) is 43.8 Å². The van der Waals surface area contributed by atoms with Gasteiger partial charge in [-0.15, -0.1) is 0 Å². The molecule has 0 heterocycles. The van der Waals surface area contributed by atoms with Crippen molar-refractivity contribution in [3.63, 3.8) is 0 Å². The lowest BCUT2D eigenvalue weighted by Gasteiger charge is -2.21. The summed E-state index contributed by atoms with van der Waals surface area (Å²) in [6, 6.07) is -0.992. The largest absolute Gasteiger partial charge is 0.348 e. The van der Waals surface area contributed by atoms with Crippen molar-refractivity contribution in [2.45, 2.75) is 32.9 Å². The highest BCUT2D eigenvalue weighted by Gasteiger charge is 2.23. The van der Waals surface area contributed by atoms with E-state index in [1.54, 1.807) is 14.0 Å². The Morgan fingerprint density at radius 1 is 1.18 bits per heavy atom. The summed E-state index contributed by atoms with van der Waals surface area (Å²) in [5, 5.41) is 7.86. The van der Waals surface area contributed by atoms with Gasteiger partial charge in [0.25, 0.3) is 0 Å². The second-order valence-electron chi connectivity index (χ2n) is 4.15. The van der Waals surface area contributed by atoms with E-state index < -0.39 is 6.04 Å². The molecule has 2 atom stereocenters. The number of likely N-dealkylation sites (N-methyl/N-ethyl adjacent to an activating group) is 1. The van der Waals surface area contributed by atoms with Gasteiger partial charge in [-0.25, -0.2) is 0 Å². The molecule has 0 aliphatic rings. The van der Waals surface area contributed by atoms with Gasteiger partial charge in [-0.2, -0.15) is 0 Å². The Bertz CT molecular complexity index is 279. The molecular formula is C11H21N3O3. The summed E-state index contributed by atoms with van der Waals surface area (Å²) in [6.07, 6.45) is 0.594. The van der Waals surface area contributed by atoms with E-state index in [1.807, 2.05) is 13.8 Å². The number of hydrogen-bond donors (Lipinski definition) is 3. The van der Waals surface area contributed by atoms with Crippen molar-refractivity contribution in [1.82, 2.24) is 16.0 Å². The molecule has 0 aromatic heterocycles. The van der Waals surface area contributed by atoms with Crippen LogP contribution in [-0.2, 0) is 14.4 Å². The lowest BCUT2D eigenvalue weighted by molar-refractivity contribution is -0.130. The number of aldehydes is 1. The summed E-state index contributed by atoms with van der Waals surface area (Å²) in [5.74, 6) is -0.467. The number of hydrogen-bond acceptors (Lipinski definition) is 4. The van der Waals surface area contributed by atoms with Crippen LogP contribution in [0.15, 0.2) is 0 Å². The van der Waals surface area contributed by atoms with Crippen molar-refractivity contribution in [2.24, 2.45) is 5.92 Å². The average molecular weight is 243 g/mol. The van der Waals surface area contributed by atoms with Crippen molar-refractivity contribution in [3.8, 4) is 0 Å². The molecule has 0 aliphatic carbocycles. The van der Waals surface area contributed by atoms with Gasteiger partial charge in [0.1, 0.15) is 12.3 Å². The SMILES string of the molecule is CNC(C(=O)N[C@@H](C)C(=O)NCC=O)C(C)C. The molecule has 98 valence electrons. The Morgan fingerprint density at radius 2 is 1.76 bits per heavy atom. The van der Waals surface area contributed by atoms with E-state index >= 15 is 0 Å². The van der Waals surface area contributed by atoms with Gasteiger partial charge in [0.2, 0.25) is 11.8 Å². The molecule has 0 spiro atoms. The lowest BCUT2D eigenvalue weighted by atomic mass is 10.0. The average Bonchev–Trinajstić information content (AvgIpc) is 2.25. The van der Waals surface area contributed by atoms with Crippen LogP contribution in [0.3, 0.4) is 0 Å². The molecule has 2 amide bonds. The van der Waals surface area contributed by atoms with Gasteiger partial charge in [-0.05, 0) is 19.9 Å². The summed E-state index contributed by atoms with van der Waals surface area (Å²) in [5.41, 5.74) is 0. The molecule has 0 aromatic rings. The fraction of sp³-hybridized carbons (Fsp3) is 0.727. The molecule has 0 aliphatic heterocycles. The first-order valence-corrected chi connectivity index (χ1v) is 5.63. The highest BCUT2D eigenvalue weighted by Crippen LogP contribution is 2.01. The van der Waals surface area contributed by atoms with Crippen LogP contribution in [0, 0.1) is 5.92 Å². The fourth-order valence-corrected chi connectivity index (χ4v) is 1.43. The van der Waals surface area contributed by atoms with E-state index in [4.69, 9.17) is 0 Å².